The number of aromatic amines is 1. The van der Waals surface area contributed by atoms with Crippen LogP contribution in [0.25, 0.3) is 17.0 Å². The second-order valence-corrected chi connectivity index (χ2v) is 10.5. The van der Waals surface area contributed by atoms with Gasteiger partial charge in [0.05, 0.1) is 5.56 Å². The van der Waals surface area contributed by atoms with Crippen molar-refractivity contribution < 1.29 is 22.7 Å². The molecular weight excluding hydrogens is 543 g/mol. The lowest BCUT2D eigenvalue weighted by atomic mass is 10.1. The van der Waals surface area contributed by atoms with Crippen molar-refractivity contribution in [3.8, 4) is 5.75 Å². The molecule has 1 aliphatic rings. The van der Waals surface area contributed by atoms with E-state index in [4.69, 9.17) is 4.74 Å². The number of hydrogen-bond acceptors (Lipinski definition) is 4. The van der Waals surface area contributed by atoms with Crippen LogP contribution in [0.3, 0.4) is 0 Å². The number of alkyl halides is 3. The molecule has 1 saturated heterocycles. The summed E-state index contributed by atoms with van der Waals surface area (Å²) in [4.78, 5) is 28.8. The van der Waals surface area contributed by atoms with Crippen LogP contribution in [-0.4, -0.2) is 29.5 Å². The van der Waals surface area contributed by atoms with Gasteiger partial charge in [0.2, 0.25) is 11.5 Å². The first-order valence-electron chi connectivity index (χ1n) is 13.9. The van der Waals surface area contributed by atoms with Gasteiger partial charge in [0, 0.05) is 47.4 Å². The van der Waals surface area contributed by atoms with E-state index in [-0.39, 0.29) is 28.9 Å². The zero-order chi connectivity index (χ0) is 29.7. The van der Waals surface area contributed by atoms with Crippen molar-refractivity contribution in [3.63, 3.8) is 0 Å². The number of carbonyl (C=O) groups is 1. The van der Waals surface area contributed by atoms with Gasteiger partial charge < -0.3 is 19.9 Å². The molecule has 0 aliphatic carbocycles. The minimum atomic E-state index is -4.64. The van der Waals surface area contributed by atoms with Crippen LogP contribution in [0, 0.1) is 0 Å². The van der Waals surface area contributed by atoms with Crippen LogP contribution < -0.4 is 20.5 Å². The van der Waals surface area contributed by atoms with Crippen molar-refractivity contribution in [1.82, 2.24) is 10.3 Å². The van der Waals surface area contributed by atoms with Crippen LogP contribution in [0.2, 0.25) is 0 Å². The summed E-state index contributed by atoms with van der Waals surface area (Å²) in [5.41, 5.74) is 1.03. The third-order valence-corrected chi connectivity index (χ3v) is 7.55. The minimum Gasteiger partial charge on any atom is -0.489 e. The zero-order valence-electron chi connectivity index (χ0n) is 23.2. The van der Waals surface area contributed by atoms with Gasteiger partial charge in [0.1, 0.15) is 12.4 Å². The number of amides is 1. The highest BCUT2D eigenvalue weighted by Gasteiger charge is 2.35. The molecule has 1 aromatic heterocycles. The quantitative estimate of drug-likeness (QED) is 0.218. The Morgan fingerprint density at radius 1 is 1.05 bits per heavy atom. The molecule has 0 saturated carbocycles. The topological polar surface area (TPSA) is 74.4 Å². The third kappa shape index (κ3) is 7.02. The number of benzene rings is 3. The maximum absolute atomic E-state index is 13.7. The Balaban J connectivity index is 1.16. The summed E-state index contributed by atoms with van der Waals surface area (Å²) >= 11 is 0. The molecule has 2 heterocycles. The van der Waals surface area contributed by atoms with Crippen LogP contribution in [0.5, 0.6) is 5.75 Å². The zero-order valence-corrected chi connectivity index (χ0v) is 23.2. The van der Waals surface area contributed by atoms with Crippen LogP contribution in [0.15, 0.2) is 89.7 Å². The maximum atomic E-state index is 13.7. The molecule has 42 heavy (non-hydrogen) atoms. The summed E-state index contributed by atoms with van der Waals surface area (Å²) in [5.74, 6) is 0.520. The van der Waals surface area contributed by atoms with E-state index in [0.29, 0.717) is 31.3 Å². The largest absolute Gasteiger partial charge is 0.489 e. The fourth-order valence-electron chi connectivity index (χ4n) is 5.47. The van der Waals surface area contributed by atoms with Crippen molar-refractivity contribution in [2.45, 2.75) is 51.1 Å². The molecule has 6 nitrogen and oxygen atoms in total. The van der Waals surface area contributed by atoms with Gasteiger partial charge in [0.25, 0.3) is 0 Å². The van der Waals surface area contributed by atoms with Gasteiger partial charge in [-0.2, -0.15) is 13.2 Å². The van der Waals surface area contributed by atoms with Gasteiger partial charge >= 0.3 is 6.18 Å². The average Bonchev–Trinajstić information content (AvgIpc) is 3.34. The Kier molecular flexibility index (Phi) is 8.66. The van der Waals surface area contributed by atoms with Gasteiger partial charge in [-0.3, -0.25) is 9.59 Å². The molecule has 2 atom stereocenters. The lowest BCUT2D eigenvalue weighted by Crippen LogP contribution is -2.37. The number of halogens is 3. The van der Waals surface area contributed by atoms with E-state index < -0.39 is 17.3 Å². The van der Waals surface area contributed by atoms with Crippen LogP contribution in [0.1, 0.15) is 42.9 Å². The maximum Gasteiger partial charge on any atom is 0.417 e. The van der Waals surface area contributed by atoms with Gasteiger partial charge in [0.15, 0.2) is 0 Å². The standard InChI is InChI=1S/C33H32F3N3O3/c1-22-7-11-25(39(22)26-12-15-30-28(19-26)29(33(34,35)36)20-32(41)38-30)17-18-37-31(40)16-10-23-8-13-27(14-9-23)42-21-24-5-3-2-4-6-24/h2-6,8-10,12-16,19-20,22,25H,7,11,17-18,21H2,1H3,(H,37,40)(H,38,41)/t22-,25-/m1/s1. The molecule has 3 aromatic carbocycles. The number of anilines is 1. The smallest absolute Gasteiger partial charge is 0.417 e. The number of fused-ring (bicyclic) bond motifs is 1. The highest BCUT2D eigenvalue weighted by atomic mass is 19.4. The van der Waals surface area contributed by atoms with E-state index in [1.165, 1.54) is 18.2 Å². The predicted octanol–water partition coefficient (Wildman–Crippen LogP) is 6.70. The second-order valence-electron chi connectivity index (χ2n) is 10.5. The van der Waals surface area contributed by atoms with E-state index in [1.54, 1.807) is 12.1 Å². The molecule has 5 rings (SSSR count). The number of H-pyrrole nitrogens is 1. The summed E-state index contributed by atoms with van der Waals surface area (Å²) in [7, 11) is 0. The Labute approximate surface area is 241 Å². The minimum absolute atomic E-state index is 0.0355. The lowest BCUT2D eigenvalue weighted by Gasteiger charge is -2.31. The molecule has 0 unspecified atom stereocenters. The summed E-state index contributed by atoms with van der Waals surface area (Å²) in [5, 5.41) is 2.88. The summed E-state index contributed by atoms with van der Waals surface area (Å²) in [6, 6.07) is 22.9. The van der Waals surface area contributed by atoms with Gasteiger partial charge in [-0.15, -0.1) is 0 Å². The Bertz CT molecular complexity index is 1620. The van der Waals surface area contributed by atoms with Crippen molar-refractivity contribution in [2.24, 2.45) is 0 Å². The molecule has 0 bridgehead atoms. The number of pyridine rings is 1. The fraction of sp³-hybridized carbons (Fsp3) is 0.273. The lowest BCUT2D eigenvalue weighted by molar-refractivity contribution is -0.136. The SMILES string of the molecule is C[C@@H]1CC[C@H](CCNC(=O)C=Cc2ccc(OCc3ccccc3)cc2)N1c1ccc2[nH]c(=O)cc(C(F)(F)F)c2c1. The monoisotopic (exact) mass is 575 g/mol. The highest BCUT2D eigenvalue weighted by molar-refractivity contribution is 5.91. The summed E-state index contributed by atoms with van der Waals surface area (Å²) in [6.45, 7) is 2.95. The van der Waals surface area contributed by atoms with E-state index in [9.17, 15) is 22.8 Å². The normalized spacial score (nSPS) is 17.2. The van der Waals surface area contributed by atoms with Gasteiger partial charge in [-0.25, -0.2) is 0 Å². The molecule has 9 heteroatoms. The van der Waals surface area contributed by atoms with Gasteiger partial charge in [-0.05, 0) is 73.7 Å². The first-order chi connectivity index (χ1) is 20.2. The van der Waals surface area contributed by atoms with Crippen molar-refractivity contribution in [3.05, 3.63) is 112 Å². The molecule has 4 aromatic rings. The average molecular weight is 576 g/mol. The predicted molar refractivity (Wildman–Crippen MR) is 158 cm³/mol. The molecule has 0 spiro atoms. The van der Waals surface area contributed by atoms with Crippen LogP contribution >= 0.6 is 0 Å². The second kappa shape index (κ2) is 12.5. The molecule has 2 N–H and O–H groups in total. The summed E-state index contributed by atoms with van der Waals surface area (Å²) in [6.07, 6.45) is 0.973. The molecule has 1 amide bonds. The first kappa shape index (κ1) is 29.0. The number of rotatable bonds is 9. The Morgan fingerprint density at radius 2 is 1.81 bits per heavy atom. The number of aromatic nitrogens is 1. The molecular formula is C33H32F3N3O3. The Hall–Kier alpha value is -4.53. The molecule has 1 aliphatic heterocycles. The van der Waals surface area contributed by atoms with Crippen molar-refractivity contribution in [1.29, 1.82) is 0 Å². The van der Waals surface area contributed by atoms with Crippen molar-refractivity contribution in [2.75, 3.05) is 11.4 Å². The van der Waals surface area contributed by atoms with E-state index in [1.807, 2.05) is 61.5 Å². The number of hydrogen-bond donors (Lipinski definition) is 2. The van der Waals surface area contributed by atoms with Crippen molar-refractivity contribution >= 4 is 28.6 Å². The summed E-state index contributed by atoms with van der Waals surface area (Å²) < 4.78 is 46.8. The number of nitrogens with one attached hydrogen (secondary N) is 2. The number of carbonyl (C=O) groups excluding carboxylic acids is 1. The van der Waals surface area contributed by atoms with Crippen LogP contribution in [-0.2, 0) is 17.6 Å². The highest BCUT2D eigenvalue weighted by Crippen LogP contribution is 2.37. The molecule has 218 valence electrons. The fourth-order valence-corrected chi connectivity index (χ4v) is 5.47. The molecule has 0 radical (unpaired) electrons. The third-order valence-electron chi connectivity index (χ3n) is 7.55. The van der Waals surface area contributed by atoms with E-state index in [0.717, 1.165) is 29.7 Å². The Morgan fingerprint density at radius 3 is 2.55 bits per heavy atom. The van der Waals surface area contributed by atoms with E-state index >= 15 is 0 Å². The van der Waals surface area contributed by atoms with Gasteiger partial charge in [-0.1, -0.05) is 42.5 Å². The number of nitrogens with zero attached hydrogens (tertiary/aromatic N) is 1. The number of ether oxygens (including phenoxy) is 1. The van der Waals surface area contributed by atoms with Crippen LogP contribution in [0.4, 0.5) is 18.9 Å². The molecule has 1 fully saturated rings. The van der Waals surface area contributed by atoms with E-state index in [2.05, 4.69) is 15.2 Å². The first-order valence-corrected chi connectivity index (χ1v) is 13.9.